The lowest BCUT2D eigenvalue weighted by molar-refractivity contribution is -0.118. The Bertz CT molecular complexity index is 463. The van der Waals surface area contributed by atoms with Gasteiger partial charge in [0, 0.05) is 24.8 Å². The summed E-state index contributed by atoms with van der Waals surface area (Å²) in [5, 5.41) is 6.96. The summed E-state index contributed by atoms with van der Waals surface area (Å²) < 4.78 is 0. The van der Waals surface area contributed by atoms with Gasteiger partial charge in [-0.3, -0.25) is 9.69 Å². The van der Waals surface area contributed by atoms with Gasteiger partial charge in [-0.1, -0.05) is 30.1 Å². The van der Waals surface area contributed by atoms with E-state index >= 15 is 0 Å². The minimum atomic E-state index is -0.0351. The van der Waals surface area contributed by atoms with Gasteiger partial charge in [-0.25, -0.2) is 0 Å². The number of likely N-dealkylation sites (N-methyl/N-ethyl adjacent to an activating group) is 1. The van der Waals surface area contributed by atoms with Crippen LogP contribution in [0.2, 0.25) is 10.0 Å². The van der Waals surface area contributed by atoms with Crippen molar-refractivity contribution in [2.75, 3.05) is 31.5 Å². The van der Waals surface area contributed by atoms with Crippen molar-refractivity contribution in [1.29, 1.82) is 0 Å². The number of hydrogen-bond acceptors (Lipinski definition) is 3. The minimum Gasteiger partial charge on any atom is -0.325 e. The molecule has 1 fully saturated rings. The third-order valence-corrected chi connectivity index (χ3v) is 3.97. The van der Waals surface area contributed by atoms with E-state index in [0.717, 1.165) is 19.6 Å². The number of nitrogens with one attached hydrogen (secondary N) is 2. The fourth-order valence-electron chi connectivity index (χ4n) is 1.99. The number of halogens is 2. The summed E-state index contributed by atoms with van der Waals surface area (Å²) >= 11 is 11.7. The molecule has 0 saturated carbocycles. The number of hydrogen-bond donors (Lipinski definition) is 2. The second kappa shape index (κ2) is 6.57. The van der Waals surface area contributed by atoms with Crippen molar-refractivity contribution in [3.05, 3.63) is 28.2 Å². The third kappa shape index (κ3) is 3.83. The van der Waals surface area contributed by atoms with E-state index in [1.54, 1.807) is 18.2 Å². The largest absolute Gasteiger partial charge is 0.325 e. The monoisotopic (exact) mass is 301 g/mol. The summed E-state index contributed by atoms with van der Waals surface area (Å²) in [6, 6.07) is 5.54. The maximum absolute atomic E-state index is 12.0. The van der Waals surface area contributed by atoms with Gasteiger partial charge in [0.05, 0.1) is 16.6 Å². The minimum absolute atomic E-state index is 0.0351. The molecule has 0 aromatic heterocycles. The van der Waals surface area contributed by atoms with Crippen LogP contribution in [-0.4, -0.2) is 43.0 Å². The first-order valence-corrected chi connectivity index (χ1v) is 7.05. The first kappa shape index (κ1) is 14.6. The molecule has 0 spiro atoms. The average Bonchev–Trinajstić information content (AvgIpc) is 2.30. The molecular formula is C13H17Cl2N3O. The van der Waals surface area contributed by atoms with Crippen molar-refractivity contribution in [2.24, 2.45) is 0 Å². The normalized spacial score (nSPS) is 15.4. The van der Waals surface area contributed by atoms with Gasteiger partial charge in [0.15, 0.2) is 0 Å². The van der Waals surface area contributed by atoms with E-state index in [0.29, 0.717) is 28.3 Å². The van der Waals surface area contributed by atoms with E-state index in [-0.39, 0.29) is 5.91 Å². The summed E-state index contributed by atoms with van der Waals surface area (Å²) in [6.45, 7) is 5.22. The summed E-state index contributed by atoms with van der Waals surface area (Å²) in [6.07, 6.45) is 0. The molecule has 4 nitrogen and oxygen atoms in total. The molecule has 1 amide bonds. The van der Waals surface area contributed by atoms with Crippen LogP contribution in [0.4, 0.5) is 5.69 Å². The third-order valence-electron chi connectivity index (χ3n) is 3.23. The number of carbonyl (C=O) groups excluding carboxylic acids is 1. The molecule has 1 aromatic rings. The van der Waals surface area contributed by atoms with Gasteiger partial charge in [0.1, 0.15) is 0 Å². The van der Waals surface area contributed by atoms with Crippen molar-refractivity contribution >= 4 is 34.8 Å². The van der Waals surface area contributed by atoms with Crippen LogP contribution in [0.5, 0.6) is 0 Å². The SMILES string of the molecule is CCN(CC(=O)Nc1ccc(Cl)c(Cl)c1)C1CNC1. The van der Waals surface area contributed by atoms with Gasteiger partial charge >= 0.3 is 0 Å². The fraction of sp³-hybridized carbons (Fsp3) is 0.462. The molecule has 2 rings (SSSR count). The van der Waals surface area contributed by atoms with Crippen molar-refractivity contribution in [2.45, 2.75) is 13.0 Å². The number of anilines is 1. The Kier molecular flexibility index (Phi) is 5.05. The van der Waals surface area contributed by atoms with Crippen LogP contribution in [0.1, 0.15) is 6.92 Å². The average molecular weight is 302 g/mol. The lowest BCUT2D eigenvalue weighted by Crippen LogP contribution is -2.58. The molecule has 0 aliphatic carbocycles. The number of rotatable bonds is 5. The zero-order chi connectivity index (χ0) is 13.8. The highest BCUT2D eigenvalue weighted by molar-refractivity contribution is 6.42. The number of nitrogens with zero attached hydrogens (tertiary/aromatic N) is 1. The van der Waals surface area contributed by atoms with Crippen LogP contribution in [0.25, 0.3) is 0 Å². The highest BCUT2D eigenvalue weighted by Crippen LogP contribution is 2.24. The second-order valence-corrected chi connectivity index (χ2v) is 5.37. The van der Waals surface area contributed by atoms with Gasteiger partial charge in [-0.15, -0.1) is 0 Å². The first-order valence-electron chi connectivity index (χ1n) is 6.30. The van der Waals surface area contributed by atoms with E-state index < -0.39 is 0 Å². The van der Waals surface area contributed by atoms with Gasteiger partial charge in [0.25, 0.3) is 0 Å². The zero-order valence-electron chi connectivity index (χ0n) is 10.7. The Labute approximate surface area is 123 Å². The Morgan fingerprint density at radius 2 is 2.16 bits per heavy atom. The van der Waals surface area contributed by atoms with E-state index in [1.807, 2.05) is 0 Å². The van der Waals surface area contributed by atoms with Crippen LogP contribution < -0.4 is 10.6 Å². The Balaban J connectivity index is 1.90. The lowest BCUT2D eigenvalue weighted by atomic mass is 10.1. The van der Waals surface area contributed by atoms with Gasteiger partial charge in [-0.2, -0.15) is 0 Å². The van der Waals surface area contributed by atoms with Crippen molar-refractivity contribution in [3.63, 3.8) is 0 Å². The smallest absolute Gasteiger partial charge is 0.238 e. The van der Waals surface area contributed by atoms with Crippen LogP contribution in [0, 0.1) is 0 Å². The standard InChI is InChI=1S/C13H17Cl2N3O/c1-2-18(10-6-16-7-10)8-13(19)17-9-3-4-11(14)12(15)5-9/h3-5,10,16H,2,6-8H2,1H3,(H,17,19). The Morgan fingerprint density at radius 1 is 1.42 bits per heavy atom. The van der Waals surface area contributed by atoms with E-state index in [4.69, 9.17) is 23.2 Å². The molecule has 19 heavy (non-hydrogen) atoms. The fourth-order valence-corrected chi connectivity index (χ4v) is 2.29. The maximum atomic E-state index is 12.0. The summed E-state index contributed by atoms with van der Waals surface area (Å²) in [4.78, 5) is 14.1. The molecule has 1 heterocycles. The molecule has 0 unspecified atom stereocenters. The topological polar surface area (TPSA) is 44.4 Å². The Hall–Kier alpha value is -0.810. The molecule has 1 aromatic carbocycles. The van der Waals surface area contributed by atoms with E-state index in [2.05, 4.69) is 22.5 Å². The summed E-state index contributed by atoms with van der Waals surface area (Å²) in [7, 11) is 0. The van der Waals surface area contributed by atoms with Crippen molar-refractivity contribution in [3.8, 4) is 0 Å². The van der Waals surface area contributed by atoms with Gasteiger partial charge in [0.2, 0.25) is 5.91 Å². The first-order chi connectivity index (χ1) is 9.10. The molecule has 0 radical (unpaired) electrons. The maximum Gasteiger partial charge on any atom is 0.238 e. The van der Waals surface area contributed by atoms with Crippen LogP contribution in [-0.2, 0) is 4.79 Å². The molecule has 0 atom stereocenters. The molecule has 2 N–H and O–H groups in total. The predicted octanol–water partition coefficient (Wildman–Crippen LogP) is 2.23. The summed E-state index contributed by atoms with van der Waals surface area (Å²) in [5.74, 6) is -0.0351. The molecule has 6 heteroatoms. The van der Waals surface area contributed by atoms with Crippen LogP contribution in [0.15, 0.2) is 18.2 Å². The summed E-state index contributed by atoms with van der Waals surface area (Å²) in [5.41, 5.74) is 0.669. The van der Waals surface area contributed by atoms with E-state index in [9.17, 15) is 4.79 Å². The molecule has 1 saturated heterocycles. The number of carbonyl (C=O) groups is 1. The van der Waals surface area contributed by atoms with Crippen molar-refractivity contribution < 1.29 is 4.79 Å². The predicted molar refractivity (Wildman–Crippen MR) is 79.0 cm³/mol. The highest BCUT2D eigenvalue weighted by Gasteiger charge is 2.24. The zero-order valence-corrected chi connectivity index (χ0v) is 12.3. The Morgan fingerprint density at radius 3 is 2.68 bits per heavy atom. The van der Waals surface area contributed by atoms with Gasteiger partial charge < -0.3 is 10.6 Å². The van der Waals surface area contributed by atoms with Crippen LogP contribution in [0.3, 0.4) is 0 Å². The number of benzene rings is 1. The molecule has 1 aliphatic heterocycles. The lowest BCUT2D eigenvalue weighted by Gasteiger charge is -2.37. The van der Waals surface area contributed by atoms with Crippen molar-refractivity contribution in [1.82, 2.24) is 10.2 Å². The van der Waals surface area contributed by atoms with E-state index in [1.165, 1.54) is 0 Å². The van der Waals surface area contributed by atoms with Gasteiger partial charge in [-0.05, 0) is 24.7 Å². The van der Waals surface area contributed by atoms with Crippen LogP contribution >= 0.6 is 23.2 Å². The quantitative estimate of drug-likeness (QED) is 0.876. The second-order valence-electron chi connectivity index (χ2n) is 4.55. The molecule has 1 aliphatic rings. The number of amides is 1. The molecular weight excluding hydrogens is 285 g/mol. The highest BCUT2D eigenvalue weighted by atomic mass is 35.5. The molecule has 104 valence electrons. The molecule has 0 bridgehead atoms.